The van der Waals surface area contributed by atoms with E-state index in [0.717, 1.165) is 22.2 Å². The van der Waals surface area contributed by atoms with E-state index in [0.29, 0.717) is 18.5 Å². The number of fused-ring (bicyclic) bond motifs is 1. The molecule has 3 aromatic rings. The van der Waals surface area contributed by atoms with Crippen LogP contribution in [0.15, 0.2) is 60.3 Å². The fourth-order valence-corrected chi connectivity index (χ4v) is 3.86. The van der Waals surface area contributed by atoms with Crippen LogP contribution in [0, 0.1) is 0 Å². The van der Waals surface area contributed by atoms with Crippen molar-refractivity contribution in [3.63, 3.8) is 0 Å². The van der Waals surface area contributed by atoms with Gasteiger partial charge in [-0.15, -0.1) is 0 Å². The molecule has 0 saturated carbocycles. The number of aliphatic hydroxyl groups excluding tert-OH is 1. The Morgan fingerprint density at radius 1 is 1.34 bits per heavy atom. The molecule has 2 N–H and O–H groups in total. The van der Waals surface area contributed by atoms with Crippen molar-refractivity contribution in [1.82, 2.24) is 14.9 Å². The molecule has 4 rings (SSSR count). The Bertz CT molecular complexity index is 1120. The van der Waals surface area contributed by atoms with Gasteiger partial charge in [-0.2, -0.15) is 0 Å². The Labute approximate surface area is 167 Å². The van der Waals surface area contributed by atoms with Crippen LogP contribution >= 0.6 is 0 Å². The number of hydrogen-bond donors (Lipinski definition) is 2. The van der Waals surface area contributed by atoms with E-state index in [9.17, 15) is 14.7 Å². The van der Waals surface area contributed by atoms with Crippen LogP contribution in [0.3, 0.4) is 0 Å². The molecule has 0 spiro atoms. The lowest BCUT2D eigenvalue weighted by Crippen LogP contribution is -2.33. The Morgan fingerprint density at radius 3 is 2.86 bits per heavy atom. The molecule has 0 saturated heterocycles. The Hall–Kier alpha value is -3.61. The topological polar surface area (TPSA) is 95.5 Å². The minimum atomic E-state index is -0.645. The van der Waals surface area contributed by atoms with Crippen molar-refractivity contribution < 1.29 is 19.4 Å². The van der Waals surface area contributed by atoms with Crippen LogP contribution in [0.25, 0.3) is 10.9 Å². The van der Waals surface area contributed by atoms with E-state index in [1.807, 2.05) is 24.4 Å². The van der Waals surface area contributed by atoms with Crippen LogP contribution in [-0.2, 0) is 16.0 Å². The summed E-state index contributed by atoms with van der Waals surface area (Å²) in [5.41, 5.74) is 2.80. The number of amides is 1. The number of Topliss-reactive ketones (excluding diaryl/α,β-unsaturated/α-hetero) is 1. The van der Waals surface area contributed by atoms with Crippen LogP contribution < -0.4 is 4.74 Å². The van der Waals surface area contributed by atoms with Crippen LogP contribution in [0.1, 0.15) is 24.1 Å². The zero-order chi connectivity index (χ0) is 20.5. The van der Waals surface area contributed by atoms with Gasteiger partial charge in [0.2, 0.25) is 0 Å². The van der Waals surface area contributed by atoms with Gasteiger partial charge >= 0.3 is 0 Å². The lowest BCUT2D eigenvalue weighted by Gasteiger charge is -2.26. The van der Waals surface area contributed by atoms with Crippen molar-refractivity contribution in [2.75, 3.05) is 13.7 Å². The number of carbonyl (C=O) groups excluding carboxylic acids is 2. The summed E-state index contributed by atoms with van der Waals surface area (Å²) in [6, 6.07) is 8.67. The summed E-state index contributed by atoms with van der Waals surface area (Å²) in [5.74, 6) is -0.598. The monoisotopic (exact) mass is 391 g/mol. The molecule has 2 aromatic heterocycles. The number of benzene rings is 1. The fourth-order valence-electron chi connectivity index (χ4n) is 3.86. The van der Waals surface area contributed by atoms with Gasteiger partial charge in [-0.05, 0) is 48.7 Å². The molecule has 1 unspecified atom stereocenters. The molecule has 3 heterocycles. The predicted molar refractivity (Wildman–Crippen MR) is 108 cm³/mol. The largest absolute Gasteiger partial charge is 0.503 e. The highest BCUT2D eigenvalue weighted by atomic mass is 16.5. The van der Waals surface area contributed by atoms with Crippen molar-refractivity contribution in [3.05, 3.63) is 71.4 Å². The summed E-state index contributed by atoms with van der Waals surface area (Å²) < 4.78 is 5.31. The minimum absolute atomic E-state index is 0.114. The van der Waals surface area contributed by atoms with Gasteiger partial charge in [0.1, 0.15) is 5.75 Å². The number of H-pyrrole nitrogens is 1. The van der Waals surface area contributed by atoms with Gasteiger partial charge in [0, 0.05) is 36.0 Å². The van der Waals surface area contributed by atoms with E-state index in [-0.39, 0.29) is 11.4 Å². The maximum atomic E-state index is 12.7. The van der Waals surface area contributed by atoms with E-state index in [1.165, 1.54) is 11.8 Å². The van der Waals surface area contributed by atoms with Gasteiger partial charge in [-0.25, -0.2) is 0 Å². The summed E-state index contributed by atoms with van der Waals surface area (Å²) in [6.07, 6.45) is 5.70. The highest BCUT2D eigenvalue weighted by Crippen LogP contribution is 2.37. The third-order valence-electron chi connectivity index (χ3n) is 5.28. The van der Waals surface area contributed by atoms with Gasteiger partial charge in [0.05, 0.1) is 18.7 Å². The average Bonchev–Trinajstić information content (AvgIpc) is 3.25. The zero-order valence-corrected chi connectivity index (χ0v) is 16.2. The first-order chi connectivity index (χ1) is 14.0. The fraction of sp³-hybridized carbons (Fsp3) is 0.227. The van der Waals surface area contributed by atoms with Gasteiger partial charge in [0.25, 0.3) is 5.91 Å². The summed E-state index contributed by atoms with van der Waals surface area (Å²) in [6.45, 7) is 1.70. The first-order valence-electron chi connectivity index (χ1n) is 9.30. The zero-order valence-electron chi connectivity index (χ0n) is 16.2. The summed E-state index contributed by atoms with van der Waals surface area (Å²) >= 11 is 0. The maximum absolute atomic E-state index is 12.7. The Balaban J connectivity index is 1.65. The number of aromatic amines is 1. The number of aliphatic hydroxyl groups is 1. The molecule has 7 heteroatoms. The smallest absolute Gasteiger partial charge is 0.290 e. The summed E-state index contributed by atoms with van der Waals surface area (Å²) in [4.78, 5) is 33.8. The first kappa shape index (κ1) is 18.7. The van der Waals surface area contributed by atoms with E-state index < -0.39 is 17.7 Å². The molecule has 7 nitrogen and oxygen atoms in total. The summed E-state index contributed by atoms with van der Waals surface area (Å²) in [7, 11) is 1.62. The maximum Gasteiger partial charge on any atom is 0.290 e. The molecule has 1 aliphatic heterocycles. The van der Waals surface area contributed by atoms with Crippen LogP contribution in [-0.4, -0.2) is 45.3 Å². The number of ketones is 1. The molecule has 0 bridgehead atoms. The molecule has 1 aromatic carbocycles. The minimum Gasteiger partial charge on any atom is -0.503 e. The van der Waals surface area contributed by atoms with Crippen molar-refractivity contribution >= 4 is 22.6 Å². The van der Waals surface area contributed by atoms with E-state index in [1.54, 1.807) is 31.6 Å². The lowest BCUT2D eigenvalue weighted by atomic mass is 9.98. The van der Waals surface area contributed by atoms with Crippen LogP contribution in [0.5, 0.6) is 5.75 Å². The van der Waals surface area contributed by atoms with Crippen LogP contribution in [0.2, 0.25) is 0 Å². The Kier molecular flexibility index (Phi) is 4.80. The van der Waals surface area contributed by atoms with E-state index in [4.69, 9.17) is 4.74 Å². The van der Waals surface area contributed by atoms with Gasteiger partial charge < -0.3 is 19.7 Å². The molecule has 0 fully saturated rings. The molecular weight excluding hydrogens is 370 g/mol. The second-order valence-electron chi connectivity index (χ2n) is 6.98. The highest BCUT2D eigenvalue weighted by Gasteiger charge is 2.42. The number of ether oxygens (including phenoxy) is 1. The first-order valence-corrected chi connectivity index (χ1v) is 9.30. The number of carbonyl (C=O) groups is 2. The molecule has 0 aliphatic carbocycles. The molecule has 0 radical (unpaired) electrons. The van der Waals surface area contributed by atoms with Gasteiger partial charge in [0.15, 0.2) is 11.5 Å². The van der Waals surface area contributed by atoms with Gasteiger partial charge in [-0.3, -0.25) is 14.6 Å². The van der Waals surface area contributed by atoms with E-state index >= 15 is 0 Å². The highest BCUT2D eigenvalue weighted by molar-refractivity contribution is 6.08. The SMILES string of the molecule is COc1ccc2[nH]cc(CCN3C(=O)C(O)=C(C(C)=O)C3c3cccnc3)c2c1. The molecule has 1 atom stereocenters. The number of hydrogen-bond acceptors (Lipinski definition) is 5. The number of pyridine rings is 1. The predicted octanol–water partition coefficient (Wildman–Crippen LogP) is 3.10. The number of aromatic nitrogens is 2. The number of nitrogens with zero attached hydrogens (tertiary/aromatic N) is 2. The standard InChI is InChI=1S/C22H21N3O4/c1-13(26)19-20(15-4-3-8-23-11-15)25(22(28)21(19)27)9-7-14-12-24-18-6-5-16(29-2)10-17(14)18/h3-6,8,10-12,20,24,27H,7,9H2,1-2H3. The second kappa shape index (κ2) is 7.43. The molecule has 148 valence electrons. The van der Waals surface area contributed by atoms with Crippen molar-refractivity contribution in [2.24, 2.45) is 0 Å². The second-order valence-corrected chi connectivity index (χ2v) is 6.98. The van der Waals surface area contributed by atoms with Crippen LogP contribution in [0.4, 0.5) is 0 Å². The Morgan fingerprint density at radius 2 is 2.17 bits per heavy atom. The third kappa shape index (κ3) is 3.24. The molecule has 1 amide bonds. The molecule has 29 heavy (non-hydrogen) atoms. The van der Waals surface area contributed by atoms with Gasteiger partial charge in [-0.1, -0.05) is 6.07 Å². The summed E-state index contributed by atoms with van der Waals surface area (Å²) in [5, 5.41) is 11.4. The molecular formula is C22H21N3O4. The number of rotatable bonds is 6. The number of nitrogens with one attached hydrogen (secondary N) is 1. The normalized spacial score (nSPS) is 16.7. The third-order valence-corrected chi connectivity index (χ3v) is 5.28. The van der Waals surface area contributed by atoms with Crippen molar-refractivity contribution in [3.8, 4) is 5.75 Å². The lowest BCUT2D eigenvalue weighted by molar-refractivity contribution is -0.129. The molecule has 1 aliphatic rings. The quantitative estimate of drug-likeness (QED) is 0.673. The average molecular weight is 391 g/mol. The van der Waals surface area contributed by atoms with E-state index in [2.05, 4.69) is 9.97 Å². The van der Waals surface area contributed by atoms with Crippen molar-refractivity contribution in [1.29, 1.82) is 0 Å². The number of methoxy groups -OCH3 is 1. The van der Waals surface area contributed by atoms with Crippen molar-refractivity contribution in [2.45, 2.75) is 19.4 Å².